The lowest BCUT2D eigenvalue weighted by Gasteiger charge is -2.45. The highest BCUT2D eigenvalue weighted by atomic mass is 79.9. The van der Waals surface area contributed by atoms with E-state index < -0.39 is 0 Å². The number of nitrogens with two attached hydrogens (primary N) is 1. The van der Waals surface area contributed by atoms with E-state index in [2.05, 4.69) is 72.5 Å². The van der Waals surface area contributed by atoms with Crippen LogP contribution in [0.1, 0.15) is 28.5 Å². The standard InChI is InChI=1S/C23H18BrN7O2/c1-11-3-4-12(2)18-17(11)19(16-10-9-15(32-16)13-5-7-14(24)8-6-13)31(18)23-22(28-25)26-20-21(27-23)30-33-29-20/h3-10,19H,25H2,1-2H3,(H,26,28,29). The van der Waals surface area contributed by atoms with Crippen LogP contribution in [-0.4, -0.2) is 20.3 Å². The minimum absolute atomic E-state index is 0.206. The second kappa shape index (κ2) is 7.39. The molecule has 0 saturated heterocycles. The molecule has 4 heterocycles. The second-order valence-electron chi connectivity index (χ2n) is 7.89. The molecule has 0 saturated carbocycles. The molecular weight excluding hydrogens is 486 g/mol. The van der Waals surface area contributed by atoms with Crippen LogP contribution in [-0.2, 0) is 0 Å². The second-order valence-corrected chi connectivity index (χ2v) is 8.81. The fourth-order valence-electron chi connectivity index (χ4n) is 4.34. The maximum atomic E-state index is 6.36. The smallest absolute Gasteiger partial charge is 0.245 e. The van der Waals surface area contributed by atoms with Gasteiger partial charge in [0.1, 0.15) is 17.6 Å². The molecule has 164 valence electrons. The third-order valence-electron chi connectivity index (χ3n) is 5.90. The molecular formula is C23H18BrN7O2. The van der Waals surface area contributed by atoms with Gasteiger partial charge in [0.2, 0.25) is 11.3 Å². The lowest BCUT2D eigenvalue weighted by Crippen LogP contribution is -2.38. The molecule has 0 radical (unpaired) electrons. The van der Waals surface area contributed by atoms with Gasteiger partial charge >= 0.3 is 0 Å². The maximum absolute atomic E-state index is 6.36. The minimum atomic E-state index is -0.206. The van der Waals surface area contributed by atoms with Crippen LogP contribution < -0.4 is 16.2 Å². The number of fused-ring (bicyclic) bond motifs is 2. The van der Waals surface area contributed by atoms with E-state index in [0.29, 0.717) is 17.3 Å². The molecule has 9 nitrogen and oxygen atoms in total. The number of nitrogens with one attached hydrogen (secondary N) is 1. The Kier molecular flexibility index (Phi) is 4.46. The molecule has 3 N–H and O–H groups in total. The first-order valence-corrected chi connectivity index (χ1v) is 11.1. The van der Waals surface area contributed by atoms with Gasteiger partial charge in [-0.05, 0) is 59.6 Å². The summed E-state index contributed by atoms with van der Waals surface area (Å²) in [4.78, 5) is 11.2. The molecule has 3 aromatic heterocycles. The Balaban J connectivity index is 1.52. The number of hydrazine groups is 1. The van der Waals surface area contributed by atoms with Crippen molar-refractivity contribution >= 4 is 44.5 Å². The molecule has 0 amide bonds. The van der Waals surface area contributed by atoms with E-state index in [1.165, 1.54) is 5.56 Å². The van der Waals surface area contributed by atoms with Gasteiger partial charge in [-0.25, -0.2) is 15.5 Å². The summed E-state index contributed by atoms with van der Waals surface area (Å²) in [6, 6.07) is 16.0. The maximum Gasteiger partial charge on any atom is 0.245 e. The first kappa shape index (κ1) is 19.9. The summed E-state index contributed by atoms with van der Waals surface area (Å²) in [7, 11) is 0. The predicted octanol–water partition coefficient (Wildman–Crippen LogP) is 5.18. The van der Waals surface area contributed by atoms with Gasteiger partial charge in [-0.3, -0.25) is 0 Å². The molecule has 5 aromatic rings. The average Bonchev–Trinajstić information content (AvgIpc) is 3.45. The number of nitrogens with zero attached hydrogens (tertiary/aromatic N) is 5. The molecule has 0 bridgehead atoms. The van der Waals surface area contributed by atoms with E-state index in [4.69, 9.17) is 14.9 Å². The van der Waals surface area contributed by atoms with Crippen LogP contribution in [0, 0.1) is 13.8 Å². The molecule has 6 rings (SSSR count). The van der Waals surface area contributed by atoms with Crippen LogP contribution in [0.15, 0.2) is 62.0 Å². The number of aromatic nitrogens is 4. The third-order valence-corrected chi connectivity index (χ3v) is 6.42. The average molecular weight is 504 g/mol. The van der Waals surface area contributed by atoms with E-state index in [-0.39, 0.29) is 11.7 Å². The fraction of sp³-hybridized carbons (Fsp3) is 0.130. The predicted molar refractivity (Wildman–Crippen MR) is 127 cm³/mol. The van der Waals surface area contributed by atoms with Crippen molar-refractivity contribution in [2.75, 3.05) is 10.3 Å². The molecule has 10 heteroatoms. The van der Waals surface area contributed by atoms with Gasteiger partial charge in [-0.1, -0.05) is 40.2 Å². The monoisotopic (exact) mass is 503 g/mol. The quantitative estimate of drug-likeness (QED) is 0.252. The highest BCUT2D eigenvalue weighted by molar-refractivity contribution is 9.10. The molecule has 0 aliphatic carbocycles. The number of aryl methyl sites for hydroxylation is 2. The normalized spacial score (nSPS) is 14.9. The molecule has 1 aliphatic heterocycles. The Morgan fingerprint density at radius 3 is 2.42 bits per heavy atom. The highest BCUT2D eigenvalue weighted by Crippen LogP contribution is 2.55. The number of benzene rings is 2. The molecule has 2 aromatic carbocycles. The highest BCUT2D eigenvalue weighted by Gasteiger charge is 2.43. The molecule has 1 unspecified atom stereocenters. The lowest BCUT2D eigenvalue weighted by atomic mass is 9.85. The molecule has 33 heavy (non-hydrogen) atoms. The SMILES string of the molecule is Cc1ccc(C)c2c1C(c1ccc(-c3ccc(Br)cc3)o1)N2c1nc2nonc2nc1NN. The number of anilines is 3. The van der Waals surface area contributed by atoms with Crippen molar-refractivity contribution in [2.24, 2.45) is 5.84 Å². The summed E-state index contributed by atoms with van der Waals surface area (Å²) in [5.74, 6) is 8.27. The van der Waals surface area contributed by atoms with Gasteiger partial charge in [-0.15, -0.1) is 0 Å². The van der Waals surface area contributed by atoms with E-state index in [0.717, 1.165) is 38.4 Å². The van der Waals surface area contributed by atoms with Gasteiger partial charge in [0.05, 0.1) is 5.69 Å². The van der Waals surface area contributed by atoms with Gasteiger partial charge in [-0.2, -0.15) is 4.98 Å². The number of hydrogen-bond acceptors (Lipinski definition) is 9. The van der Waals surface area contributed by atoms with E-state index in [1.807, 2.05) is 36.4 Å². The summed E-state index contributed by atoms with van der Waals surface area (Å²) in [5.41, 5.74) is 8.71. The van der Waals surface area contributed by atoms with Crippen LogP contribution in [0.2, 0.25) is 0 Å². The van der Waals surface area contributed by atoms with Crippen molar-refractivity contribution in [2.45, 2.75) is 19.9 Å². The Morgan fingerprint density at radius 2 is 1.67 bits per heavy atom. The van der Waals surface area contributed by atoms with E-state index in [9.17, 15) is 0 Å². The van der Waals surface area contributed by atoms with Gasteiger partial charge in [0.15, 0.2) is 11.6 Å². The minimum Gasteiger partial charge on any atom is -0.459 e. The zero-order chi connectivity index (χ0) is 22.7. The summed E-state index contributed by atoms with van der Waals surface area (Å²) >= 11 is 3.48. The summed E-state index contributed by atoms with van der Waals surface area (Å²) < 4.78 is 12.2. The van der Waals surface area contributed by atoms with Crippen molar-refractivity contribution in [1.29, 1.82) is 0 Å². The van der Waals surface area contributed by atoms with Crippen molar-refractivity contribution in [3.63, 3.8) is 0 Å². The molecule has 0 fully saturated rings. The van der Waals surface area contributed by atoms with Crippen LogP contribution in [0.25, 0.3) is 22.6 Å². The van der Waals surface area contributed by atoms with Crippen LogP contribution >= 0.6 is 15.9 Å². The van der Waals surface area contributed by atoms with Gasteiger partial charge in [0.25, 0.3) is 0 Å². The Morgan fingerprint density at radius 1 is 0.939 bits per heavy atom. The number of rotatable bonds is 4. The van der Waals surface area contributed by atoms with E-state index in [1.54, 1.807) is 0 Å². The van der Waals surface area contributed by atoms with Crippen molar-refractivity contribution in [1.82, 2.24) is 20.3 Å². The Bertz CT molecular complexity index is 1510. The van der Waals surface area contributed by atoms with E-state index >= 15 is 0 Å². The van der Waals surface area contributed by atoms with Crippen molar-refractivity contribution in [3.05, 3.63) is 75.5 Å². The number of furan rings is 1. The summed E-state index contributed by atoms with van der Waals surface area (Å²) in [6.45, 7) is 4.16. The van der Waals surface area contributed by atoms with Crippen LogP contribution in [0.3, 0.4) is 0 Å². The van der Waals surface area contributed by atoms with Gasteiger partial charge < -0.3 is 14.7 Å². The first-order valence-electron chi connectivity index (χ1n) is 10.3. The molecule has 0 spiro atoms. The topological polar surface area (TPSA) is 119 Å². The molecule has 1 aliphatic rings. The van der Waals surface area contributed by atoms with Crippen molar-refractivity contribution in [3.8, 4) is 11.3 Å². The number of hydrogen-bond donors (Lipinski definition) is 2. The lowest BCUT2D eigenvalue weighted by molar-refractivity contribution is 0.314. The zero-order valence-electron chi connectivity index (χ0n) is 17.7. The molecule has 1 atom stereocenters. The fourth-order valence-corrected chi connectivity index (χ4v) is 4.60. The van der Waals surface area contributed by atoms with Crippen LogP contribution in [0.4, 0.5) is 17.3 Å². The largest absolute Gasteiger partial charge is 0.459 e. The summed E-state index contributed by atoms with van der Waals surface area (Å²) in [6.07, 6.45) is 0. The Labute approximate surface area is 196 Å². The van der Waals surface area contributed by atoms with Gasteiger partial charge in [0, 0.05) is 15.6 Å². The first-order chi connectivity index (χ1) is 16.0. The Hall–Kier alpha value is -3.76. The number of halogens is 1. The summed E-state index contributed by atoms with van der Waals surface area (Å²) in [5, 5.41) is 7.63. The number of nitrogen functional groups attached to an aromatic ring is 1. The van der Waals surface area contributed by atoms with Crippen molar-refractivity contribution < 1.29 is 9.05 Å². The van der Waals surface area contributed by atoms with Crippen LogP contribution in [0.5, 0.6) is 0 Å². The zero-order valence-corrected chi connectivity index (χ0v) is 19.3. The third kappa shape index (κ3) is 3.02.